The van der Waals surface area contributed by atoms with Gasteiger partial charge in [-0.25, -0.2) is 0 Å². The Hall–Kier alpha value is -3.51. The monoisotopic (exact) mass is 638 g/mol. The third-order valence-corrected chi connectivity index (χ3v) is 8.36. The van der Waals surface area contributed by atoms with Crippen LogP contribution in [0.2, 0.25) is 5.02 Å². The van der Waals surface area contributed by atoms with E-state index in [2.05, 4.69) is 29.3 Å². The molecule has 0 unspecified atom stereocenters. The van der Waals surface area contributed by atoms with E-state index in [-0.39, 0.29) is 28.8 Å². The third kappa shape index (κ3) is 7.53. The van der Waals surface area contributed by atoms with Gasteiger partial charge in [0.1, 0.15) is 0 Å². The van der Waals surface area contributed by atoms with Crippen molar-refractivity contribution in [1.82, 2.24) is 4.90 Å². The van der Waals surface area contributed by atoms with E-state index in [1.165, 1.54) is 0 Å². The fourth-order valence-electron chi connectivity index (χ4n) is 5.87. The normalized spacial score (nSPS) is 17.8. The third-order valence-electron chi connectivity index (χ3n) is 8.12. The molecule has 1 heterocycles. The molecule has 0 aliphatic carbocycles. The second-order valence-electron chi connectivity index (χ2n) is 11.0. The SMILES string of the molecule is CCN1CCC[C@]1(C)C(=O)[N-]c1ccc(Cl)cc1C(=N[C@@H](CC(=O)O)Cc1ccc2ccccc2c1)c1ccccc1.[Ni]. The molecule has 4 aromatic rings. The molecule has 0 bridgehead atoms. The summed E-state index contributed by atoms with van der Waals surface area (Å²) < 4.78 is 0. The van der Waals surface area contributed by atoms with Crippen LogP contribution in [-0.2, 0) is 32.5 Å². The molecule has 1 saturated heterocycles. The van der Waals surface area contributed by atoms with E-state index in [0.717, 1.165) is 47.8 Å². The Morgan fingerprint density at radius 1 is 1.00 bits per heavy atom. The first-order valence-electron chi connectivity index (χ1n) is 14.4. The number of halogens is 1. The van der Waals surface area contributed by atoms with E-state index in [1.807, 2.05) is 67.6 Å². The van der Waals surface area contributed by atoms with Crippen molar-refractivity contribution in [3.05, 3.63) is 118 Å². The number of carboxylic acid groups (broad SMARTS) is 1. The van der Waals surface area contributed by atoms with E-state index < -0.39 is 17.6 Å². The number of benzene rings is 4. The Bertz CT molecular complexity index is 1630. The summed E-state index contributed by atoms with van der Waals surface area (Å²) in [5.74, 6) is -1.13. The topological polar surface area (TPSA) is 84.1 Å². The van der Waals surface area contributed by atoms with Crippen molar-refractivity contribution in [1.29, 1.82) is 0 Å². The fourth-order valence-corrected chi connectivity index (χ4v) is 6.05. The average molecular weight is 640 g/mol. The molecular formula is C35H35ClN3NiO3-. The van der Waals surface area contributed by atoms with Gasteiger partial charge in [0.2, 0.25) is 0 Å². The zero-order valence-corrected chi connectivity index (χ0v) is 26.0. The summed E-state index contributed by atoms with van der Waals surface area (Å²) in [4.78, 5) is 32.9. The molecule has 1 fully saturated rings. The van der Waals surface area contributed by atoms with Crippen LogP contribution in [0.3, 0.4) is 0 Å². The molecular weight excluding hydrogens is 605 g/mol. The molecule has 0 radical (unpaired) electrons. The van der Waals surface area contributed by atoms with Crippen LogP contribution in [-0.4, -0.2) is 52.3 Å². The quantitative estimate of drug-likeness (QED) is 0.142. The van der Waals surface area contributed by atoms with Crippen LogP contribution in [0, 0.1) is 0 Å². The summed E-state index contributed by atoms with van der Waals surface area (Å²) in [5.41, 5.74) is 2.74. The summed E-state index contributed by atoms with van der Waals surface area (Å²) in [5, 5.41) is 17.2. The molecule has 43 heavy (non-hydrogen) atoms. The Morgan fingerprint density at radius 3 is 2.44 bits per heavy atom. The molecule has 0 saturated carbocycles. The number of rotatable bonds is 10. The summed E-state index contributed by atoms with van der Waals surface area (Å²) in [6.07, 6.45) is 1.97. The van der Waals surface area contributed by atoms with Gasteiger partial charge < -0.3 is 15.2 Å². The van der Waals surface area contributed by atoms with Crippen molar-refractivity contribution in [3.63, 3.8) is 0 Å². The first-order valence-corrected chi connectivity index (χ1v) is 14.8. The van der Waals surface area contributed by atoms with E-state index >= 15 is 0 Å². The number of carboxylic acids is 1. The zero-order chi connectivity index (χ0) is 29.7. The molecule has 1 aliphatic rings. The number of nitrogens with zero attached hydrogens (tertiary/aromatic N) is 3. The van der Waals surface area contributed by atoms with Crippen molar-refractivity contribution in [2.45, 2.75) is 51.1 Å². The standard InChI is InChI=1S/C35H36ClN3O3.Ni/c1-3-39-19-9-18-35(39,2)34(42)38-31-17-16-28(36)22-30(31)33(26-11-5-4-6-12-26)37-29(23-32(40)41)21-24-14-15-25-10-7-8-13-27(25)20-24;/h4-8,10-17,20,22,29H,3,9,18-19,21,23H2,1-2H3,(H2,37,38,40,41,42);/p-1/t29-,35-;/m1./s1. The minimum atomic E-state index is -0.933. The largest absolute Gasteiger partial charge is 0.625 e. The molecule has 0 aromatic heterocycles. The summed E-state index contributed by atoms with van der Waals surface area (Å²) >= 11 is 6.51. The molecule has 0 spiro atoms. The van der Waals surface area contributed by atoms with Crippen molar-refractivity contribution in [3.8, 4) is 0 Å². The van der Waals surface area contributed by atoms with Crippen molar-refractivity contribution >= 4 is 45.6 Å². The number of hydrogen-bond donors (Lipinski definition) is 1. The molecule has 1 amide bonds. The summed E-state index contributed by atoms with van der Waals surface area (Å²) in [6, 6.07) is 28.5. The molecule has 226 valence electrons. The van der Waals surface area contributed by atoms with Gasteiger partial charge in [-0.2, -0.15) is 0 Å². The predicted molar refractivity (Wildman–Crippen MR) is 170 cm³/mol. The number of amides is 1. The Kier molecular flexibility index (Phi) is 10.8. The van der Waals surface area contributed by atoms with Gasteiger partial charge in [-0.3, -0.25) is 14.7 Å². The van der Waals surface area contributed by atoms with Gasteiger partial charge in [-0.05, 0) is 73.3 Å². The molecule has 6 nitrogen and oxygen atoms in total. The van der Waals surface area contributed by atoms with Gasteiger partial charge in [0.05, 0.1) is 29.6 Å². The van der Waals surface area contributed by atoms with Crippen LogP contribution >= 0.6 is 11.6 Å². The smallest absolute Gasteiger partial charge is 0.305 e. The first kappa shape index (κ1) is 32.4. The van der Waals surface area contributed by atoms with Crippen molar-refractivity contribution < 1.29 is 31.2 Å². The molecule has 1 N–H and O–H groups in total. The number of aliphatic imine (C=N–C) groups is 1. The molecule has 1 aliphatic heterocycles. The number of carbonyl (C=O) groups excluding carboxylic acids is 1. The first-order chi connectivity index (χ1) is 20.3. The molecule has 5 rings (SSSR count). The van der Waals surface area contributed by atoms with Crippen molar-refractivity contribution in [2.24, 2.45) is 4.99 Å². The van der Waals surface area contributed by atoms with E-state index in [9.17, 15) is 14.7 Å². The average Bonchev–Trinajstić information content (AvgIpc) is 3.38. The fraction of sp³-hybridized carbons (Fsp3) is 0.286. The van der Waals surface area contributed by atoms with Crippen LogP contribution in [0.5, 0.6) is 0 Å². The summed E-state index contributed by atoms with van der Waals surface area (Å²) in [7, 11) is 0. The minimum Gasteiger partial charge on any atom is -0.625 e. The number of likely N-dealkylation sites (tertiary alicyclic amines) is 1. The van der Waals surface area contributed by atoms with E-state index in [1.54, 1.807) is 18.2 Å². The van der Waals surface area contributed by atoms with Crippen LogP contribution < -0.4 is 0 Å². The second kappa shape index (κ2) is 14.3. The maximum atomic E-state index is 13.7. The van der Waals surface area contributed by atoms with Gasteiger partial charge in [0.15, 0.2) is 0 Å². The van der Waals surface area contributed by atoms with Crippen LogP contribution in [0.15, 0.2) is 96.0 Å². The van der Waals surface area contributed by atoms with E-state index in [4.69, 9.17) is 16.6 Å². The number of likely N-dealkylation sites (N-methyl/N-ethyl adjacent to an activating group) is 1. The maximum Gasteiger partial charge on any atom is 0.305 e. The second-order valence-corrected chi connectivity index (χ2v) is 11.5. The Labute approximate surface area is 268 Å². The van der Waals surface area contributed by atoms with Gasteiger partial charge >= 0.3 is 5.97 Å². The molecule has 4 aromatic carbocycles. The molecule has 2 atom stereocenters. The van der Waals surface area contributed by atoms with Gasteiger partial charge in [0, 0.05) is 27.1 Å². The van der Waals surface area contributed by atoms with Crippen molar-refractivity contribution in [2.75, 3.05) is 13.1 Å². The van der Waals surface area contributed by atoms with Crippen LogP contribution in [0.1, 0.15) is 49.8 Å². The number of carbonyl (C=O) groups is 2. The summed E-state index contributed by atoms with van der Waals surface area (Å²) in [6.45, 7) is 5.66. The van der Waals surface area contributed by atoms with Gasteiger partial charge in [0.25, 0.3) is 0 Å². The van der Waals surface area contributed by atoms with E-state index in [0.29, 0.717) is 28.4 Å². The van der Waals surface area contributed by atoms with Gasteiger partial charge in [-0.15, -0.1) is 5.69 Å². The Balaban J connectivity index is 0.00000423. The number of aliphatic carboxylic acids is 1. The number of fused-ring (bicyclic) bond motifs is 1. The van der Waals surface area contributed by atoms with Crippen LogP contribution in [0.25, 0.3) is 16.1 Å². The van der Waals surface area contributed by atoms with Crippen LogP contribution in [0.4, 0.5) is 5.69 Å². The number of hydrogen-bond acceptors (Lipinski definition) is 4. The maximum absolute atomic E-state index is 13.7. The Morgan fingerprint density at radius 2 is 1.72 bits per heavy atom. The predicted octanol–water partition coefficient (Wildman–Crippen LogP) is 7.82. The minimum absolute atomic E-state index is 0. The van der Waals surface area contributed by atoms with Gasteiger partial charge in [-0.1, -0.05) is 97.4 Å². The zero-order valence-electron chi connectivity index (χ0n) is 24.3. The molecule has 8 heteroatoms.